The highest BCUT2D eigenvalue weighted by Crippen LogP contribution is 2.36. The topological polar surface area (TPSA) is 116 Å². The third-order valence-corrected chi connectivity index (χ3v) is 4.35. The number of nitrogens with zero attached hydrogens (tertiary/aromatic N) is 2. The second-order valence-corrected chi connectivity index (χ2v) is 5.72. The molecule has 0 saturated carbocycles. The summed E-state index contributed by atoms with van der Waals surface area (Å²) in [6.07, 6.45) is -4.61. The first-order valence-corrected chi connectivity index (χ1v) is 7.14. The molecule has 2 heterocycles. The van der Waals surface area contributed by atoms with E-state index in [1.54, 1.807) is 17.9 Å². The predicted octanol–water partition coefficient (Wildman–Crippen LogP) is -0.215. The van der Waals surface area contributed by atoms with E-state index in [0.717, 1.165) is 5.56 Å². The Morgan fingerprint density at radius 2 is 2.00 bits per heavy atom. The summed E-state index contributed by atoms with van der Waals surface area (Å²) in [6, 6.07) is 4.58. The molecule has 22 heavy (non-hydrogen) atoms. The zero-order valence-corrected chi connectivity index (χ0v) is 12.0. The molecule has 2 aliphatic rings. The van der Waals surface area contributed by atoms with Crippen LogP contribution in [-0.2, 0) is 11.2 Å². The molecular formula is C14H18N2O6. The molecule has 1 aromatic carbocycles. The van der Waals surface area contributed by atoms with E-state index < -0.39 is 35.6 Å². The van der Waals surface area contributed by atoms with E-state index >= 15 is 0 Å². The van der Waals surface area contributed by atoms with Gasteiger partial charge in [0.25, 0.3) is 5.69 Å². The lowest BCUT2D eigenvalue weighted by Gasteiger charge is -2.43. The number of non-ortho nitro benzene ring substituents is 1. The molecule has 5 unspecified atom stereocenters. The molecule has 0 amide bonds. The molecule has 1 aromatic rings. The van der Waals surface area contributed by atoms with Crippen LogP contribution in [0.3, 0.4) is 0 Å². The minimum absolute atomic E-state index is 0.0374. The molecule has 0 bridgehead atoms. The highest BCUT2D eigenvalue weighted by molar-refractivity contribution is 5.63. The van der Waals surface area contributed by atoms with Gasteiger partial charge in [0.2, 0.25) is 0 Å². The summed E-state index contributed by atoms with van der Waals surface area (Å²) in [5.74, 6) is 0. The first kappa shape index (κ1) is 15.2. The number of nitro benzene ring substituents is 1. The van der Waals surface area contributed by atoms with Gasteiger partial charge in [-0.3, -0.25) is 10.1 Å². The molecule has 0 aromatic heterocycles. The number of rotatable bonds is 2. The number of benzene rings is 1. The molecule has 1 fully saturated rings. The summed E-state index contributed by atoms with van der Waals surface area (Å²) in [4.78, 5) is 12.2. The van der Waals surface area contributed by atoms with Gasteiger partial charge in [-0.15, -0.1) is 0 Å². The molecule has 0 radical (unpaired) electrons. The third-order valence-electron chi connectivity index (χ3n) is 4.35. The Morgan fingerprint density at radius 3 is 2.68 bits per heavy atom. The number of hydrogen-bond donors (Lipinski definition) is 3. The average Bonchev–Trinajstić information content (AvgIpc) is 2.91. The molecule has 0 spiro atoms. The van der Waals surface area contributed by atoms with Crippen molar-refractivity contribution in [1.82, 2.24) is 0 Å². The van der Waals surface area contributed by atoms with Crippen molar-refractivity contribution >= 4 is 11.4 Å². The Morgan fingerprint density at radius 1 is 1.27 bits per heavy atom. The fraction of sp³-hybridized carbons (Fsp3) is 0.571. The van der Waals surface area contributed by atoms with Crippen LogP contribution in [0.1, 0.15) is 12.5 Å². The lowest BCUT2D eigenvalue weighted by atomic mass is 9.98. The van der Waals surface area contributed by atoms with Gasteiger partial charge >= 0.3 is 0 Å². The number of anilines is 1. The van der Waals surface area contributed by atoms with Gasteiger partial charge in [0.15, 0.2) is 6.23 Å². The van der Waals surface area contributed by atoms with E-state index in [9.17, 15) is 25.4 Å². The molecule has 5 atom stereocenters. The highest BCUT2D eigenvalue weighted by atomic mass is 16.6. The Kier molecular flexibility index (Phi) is 3.77. The maximum absolute atomic E-state index is 10.9. The monoisotopic (exact) mass is 310 g/mol. The first-order chi connectivity index (χ1) is 10.4. The number of aliphatic hydroxyl groups excluding tert-OH is 3. The Bertz CT molecular complexity index is 595. The van der Waals surface area contributed by atoms with E-state index in [-0.39, 0.29) is 5.69 Å². The van der Waals surface area contributed by atoms with Crippen molar-refractivity contribution in [3.63, 3.8) is 0 Å². The van der Waals surface area contributed by atoms with Gasteiger partial charge in [-0.25, -0.2) is 0 Å². The minimum Gasteiger partial charge on any atom is -0.388 e. The van der Waals surface area contributed by atoms with Crippen LogP contribution in [0.5, 0.6) is 0 Å². The number of nitro groups is 1. The quantitative estimate of drug-likeness (QED) is 0.511. The van der Waals surface area contributed by atoms with Gasteiger partial charge < -0.3 is 25.0 Å². The van der Waals surface area contributed by atoms with Gasteiger partial charge in [-0.1, -0.05) is 6.07 Å². The lowest BCUT2D eigenvalue weighted by Crippen LogP contribution is -2.61. The van der Waals surface area contributed by atoms with Crippen molar-refractivity contribution in [1.29, 1.82) is 0 Å². The number of ether oxygens (including phenoxy) is 1. The van der Waals surface area contributed by atoms with Crippen LogP contribution in [0.2, 0.25) is 0 Å². The van der Waals surface area contributed by atoms with Gasteiger partial charge in [0, 0.05) is 24.4 Å². The summed E-state index contributed by atoms with van der Waals surface area (Å²) in [5.41, 5.74) is 1.51. The molecule has 0 aliphatic carbocycles. The standard InChI is InChI=1S/C14H18N2O6/c1-7-11(17)12(18)13(19)14(22-7)15-5-4-8-2-3-9(16(20)21)6-10(8)15/h2-3,6-7,11-14,17-19H,4-5H2,1H3. The van der Waals surface area contributed by atoms with Gasteiger partial charge in [-0.2, -0.15) is 0 Å². The molecule has 8 heteroatoms. The number of aliphatic hydroxyl groups is 3. The SMILES string of the molecule is CC1OC(N2CCc3ccc([N+](=O)[O-])cc32)C(O)C(O)C1O. The van der Waals surface area contributed by atoms with Gasteiger partial charge in [0.05, 0.1) is 11.0 Å². The van der Waals surface area contributed by atoms with Crippen molar-refractivity contribution < 1.29 is 25.0 Å². The van der Waals surface area contributed by atoms with Crippen molar-refractivity contribution in [2.24, 2.45) is 0 Å². The van der Waals surface area contributed by atoms with Crippen LogP contribution in [0.25, 0.3) is 0 Å². The summed E-state index contributed by atoms with van der Waals surface area (Å²) >= 11 is 0. The van der Waals surface area contributed by atoms with Crippen molar-refractivity contribution in [3.8, 4) is 0 Å². The van der Waals surface area contributed by atoms with Crippen LogP contribution < -0.4 is 4.90 Å². The van der Waals surface area contributed by atoms with Gasteiger partial charge in [-0.05, 0) is 18.9 Å². The maximum Gasteiger partial charge on any atom is 0.271 e. The third kappa shape index (κ3) is 2.34. The summed E-state index contributed by atoms with van der Waals surface area (Å²) in [5, 5.41) is 40.8. The molecule has 1 saturated heterocycles. The molecule has 3 N–H and O–H groups in total. The van der Waals surface area contributed by atoms with E-state index in [0.29, 0.717) is 18.7 Å². The van der Waals surface area contributed by atoms with Crippen LogP contribution in [0.4, 0.5) is 11.4 Å². The van der Waals surface area contributed by atoms with Crippen LogP contribution in [0.15, 0.2) is 18.2 Å². The fourth-order valence-corrected chi connectivity index (χ4v) is 3.06. The summed E-state index contributed by atoms with van der Waals surface area (Å²) in [7, 11) is 0. The molecule has 120 valence electrons. The Labute approximate surface area is 126 Å². The van der Waals surface area contributed by atoms with E-state index in [1.807, 2.05) is 0 Å². The molecular weight excluding hydrogens is 292 g/mol. The van der Waals surface area contributed by atoms with Crippen molar-refractivity contribution in [2.75, 3.05) is 11.4 Å². The maximum atomic E-state index is 10.9. The lowest BCUT2D eigenvalue weighted by molar-refractivity contribution is -0.384. The first-order valence-electron chi connectivity index (χ1n) is 7.14. The largest absolute Gasteiger partial charge is 0.388 e. The second kappa shape index (κ2) is 5.47. The normalized spacial score (nSPS) is 34.5. The van der Waals surface area contributed by atoms with E-state index in [4.69, 9.17) is 4.74 Å². The van der Waals surface area contributed by atoms with Crippen LogP contribution in [0, 0.1) is 10.1 Å². The molecule has 8 nitrogen and oxygen atoms in total. The van der Waals surface area contributed by atoms with E-state index in [2.05, 4.69) is 0 Å². The van der Waals surface area contributed by atoms with Crippen LogP contribution in [-0.4, -0.2) is 57.4 Å². The fourth-order valence-electron chi connectivity index (χ4n) is 3.06. The average molecular weight is 310 g/mol. The van der Waals surface area contributed by atoms with Gasteiger partial charge in [0.1, 0.15) is 18.3 Å². The molecule has 2 aliphatic heterocycles. The minimum atomic E-state index is -1.32. The van der Waals surface area contributed by atoms with Crippen molar-refractivity contribution in [2.45, 2.75) is 44.0 Å². The van der Waals surface area contributed by atoms with Crippen LogP contribution >= 0.6 is 0 Å². The van der Waals surface area contributed by atoms with E-state index in [1.165, 1.54) is 12.1 Å². The Balaban J connectivity index is 1.92. The smallest absolute Gasteiger partial charge is 0.271 e. The van der Waals surface area contributed by atoms with Crippen molar-refractivity contribution in [3.05, 3.63) is 33.9 Å². The Hall–Kier alpha value is -1.74. The predicted molar refractivity (Wildman–Crippen MR) is 76.5 cm³/mol. The zero-order chi connectivity index (χ0) is 16.0. The summed E-state index contributed by atoms with van der Waals surface area (Å²) < 4.78 is 5.62. The number of hydrogen-bond acceptors (Lipinski definition) is 7. The number of fused-ring (bicyclic) bond motifs is 1. The highest BCUT2D eigenvalue weighted by Gasteiger charge is 2.45. The molecule has 3 rings (SSSR count). The summed E-state index contributed by atoms with van der Waals surface area (Å²) in [6.45, 7) is 2.13. The second-order valence-electron chi connectivity index (χ2n) is 5.72. The zero-order valence-electron chi connectivity index (χ0n) is 12.0.